The van der Waals surface area contributed by atoms with E-state index in [0.29, 0.717) is 36.8 Å². The zero-order valence-electron chi connectivity index (χ0n) is 15.6. The number of ether oxygens (including phenoxy) is 2. The van der Waals surface area contributed by atoms with Crippen LogP contribution in [-0.2, 0) is 6.54 Å². The number of nitrogens with zero attached hydrogens (tertiary/aromatic N) is 2. The fourth-order valence-electron chi connectivity index (χ4n) is 4.05. The number of hydrogen-bond acceptors (Lipinski definition) is 3. The van der Waals surface area contributed by atoms with E-state index >= 15 is 0 Å². The lowest BCUT2D eigenvalue weighted by Crippen LogP contribution is -2.42. The molecule has 0 aliphatic carbocycles. The van der Waals surface area contributed by atoms with Gasteiger partial charge in [0.1, 0.15) is 0 Å². The van der Waals surface area contributed by atoms with E-state index in [1.54, 1.807) is 0 Å². The Balaban J connectivity index is 1.52. The molecule has 0 saturated carbocycles. The van der Waals surface area contributed by atoms with E-state index < -0.39 is 0 Å². The molecule has 142 valence electrons. The van der Waals surface area contributed by atoms with Crippen molar-refractivity contribution >= 4 is 5.91 Å². The first kappa shape index (κ1) is 16.9. The largest absolute Gasteiger partial charge is 0.490 e. The van der Waals surface area contributed by atoms with Crippen LogP contribution in [0.2, 0.25) is 0 Å². The lowest BCUT2D eigenvalue weighted by atomic mass is 9.99. The quantitative estimate of drug-likeness (QED) is 0.683. The maximum Gasteiger partial charge on any atom is 0.254 e. The molecule has 1 amide bonds. The third kappa shape index (κ3) is 2.93. The van der Waals surface area contributed by atoms with Crippen molar-refractivity contribution in [3.8, 4) is 11.5 Å². The Bertz CT molecular complexity index is 996. The molecule has 1 unspecified atom stereocenters. The molecule has 0 N–H and O–H groups in total. The second-order valence-corrected chi connectivity index (χ2v) is 7.15. The molecule has 28 heavy (non-hydrogen) atoms. The highest BCUT2D eigenvalue weighted by Gasteiger charge is 2.33. The molecule has 3 aromatic rings. The van der Waals surface area contributed by atoms with Crippen molar-refractivity contribution in [1.82, 2.24) is 9.47 Å². The molecule has 0 saturated heterocycles. The summed E-state index contributed by atoms with van der Waals surface area (Å²) in [5, 5.41) is 0. The van der Waals surface area contributed by atoms with Gasteiger partial charge in [-0.15, -0.1) is 0 Å². The number of carbonyl (C=O) groups is 1. The predicted molar refractivity (Wildman–Crippen MR) is 106 cm³/mol. The third-order valence-electron chi connectivity index (χ3n) is 5.41. The van der Waals surface area contributed by atoms with Crippen LogP contribution in [0, 0.1) is 0 Å². The molecule has 1 aromatic heterocycles. The van der Waals surface area contributed by atoms with Crippen LogP contribution in [0.1, 0.15) is 34.1 Å². The van der Waals surface area contributed by atoms with E-state index in [9.17, 15) is 4.79 Å². The van der Waals surface area contributed by atoms with Crippen LogP contribution in [-0.4, -0.2) is 35.1 Å². The number of fused-ring (bicyclic) bond motifs is 2. The molecular formula is C23H22N2O3. The van der Waals surface area contributed by atoms with Gasteiger partial charge in [-0.1, -0.05) is 30.3 Å². The summed E-state index contributed by atoms with van der Waals surface area (Å²) in [6.07, 6.45) is 2.93. The van der Waals surface area contributed by atoms with Crippen LogP contribution < -0.4 is 9.47 Å². The summed E-state index contributed by atoms with van der Waals surface area (Å²) in [6, 6.07) is 19.8. The Kier molecular flexibility index (Phi) is 4.28. The molecule has 5 nitrogen and oxygen atoms in total. The monoisotopic (exact) mass is 374 g/mol. The predicted octanol–water partition coefficient (Wildman–Crippen LogP) is 3.89. The van der Waals surface area contributed by atoms with Gasteiger partial charge in [-0.05, 0) is 35.9 Å². The highest BCUT2D eigenvalue weighted by atomic mass is 16.5. The molecule has 0 radical (unpaired) electrons. The third-order valence-corrected chi connectivity index (χ3v) is 5.41. The maximum absolute atomic E-state index is 13.5. The topological polar surface area (TPSA) is 43.7 Å². The Hall–Kier alpha value is -3.21. The van der Waals surface area contributed by atoms with Crippen LogP contribution in [0.5, 0.6) is 11.5 Å². The lowest BCUT2D eigenvalue weighted by Gasteiger charge is -2.37. The number of carbonyl (C=O) groups excluding carboxylic acids is 1. The minimum absolute atomic E-state index is 0.0111. The zero-order chi connectivity index (χ0) is 18.9. The lowest BCUT2D eigenvalue weighted by molar-refractivity contribution is 0.0663. The second kappa shape index (κ2) is 7.08. The molecule has 0 fully saturated rings. The van der Waals surface area contributed by atoms with Gasteiger partial charge >= 0.3 is 0 Å². The molecule has 3 heterocycles. The molecule has 5 heteroatoms. The Morgan fingerprint density at radius 2 is 1.71 bits per heavy atom. The van der Waals surface area contributed by atoms with Gasteiger partial charge in [-0.3, -0.25) is 4.79 Å². The molecule has 2 aliphatic heterocycles. The van der Waals surface area contributed by atoms with Gasteiger partial charge in [0, 0.05) is 37.0 Å². The van der Waals surface area contributed by atoms with E-state index in [4.69, 9.17) is 9.47 Å². The van der Waals surface area contributed by atoms with E-state index in [0.717, 1.165) is 24.2 Å². The summed E-state index contributed by atoms with van der Waals surface area (Å²) in [5.41, 5.74) is 2.88. The summed E-state index contributed by atoms with van der Waals surface area (Å²) in [6.45, 7) is 2.70. The first-order valence-electron chi connectivity index (χ1n) is 9.72. The fraction of sp³-hybridized carbons (Fsp3) is 0.261. The highest BCUT2D eigenvalue weighted by Crippen LogP contribution is 2.35. The van der Waals surface area contributed by atoms with Crippen LogP contribution in [0.4, 0.5) is 0 Å². The van der Waals surface area contributed by atoms with Crippen LogP contribution >= 0.6 is 0 Å². The summed E-state index contributed by atoms with van der Waals surface area (Å²) in [7, 11) is 0. The molecule has 5 rings (SSSR count). The fourth-order valence-corrected chi connectivity index (χ4v) is 4.05. The van der Waals surface area contributed by atoms with Crippen LogP contribution in [0.15, 0.2) is 66.9 Å². The van der Waals surface area contributed by atoms with Crippen molar-refractivity contribution in [3.63, 3.8) is 0 Å². The highest BCUT2D eigenvalue weighted by molar-refractivity contribution is 5.95. The molecule has 0 spiro atoms. The van der Waals surface area contributed by atoms with Crippen LogP contribution in [0.3, 0.4) is 0 Å². The number of benzene rings is 2. The maximum atomic E-state index is 13.5. The average Bonchev–Trinajstić information content (AvgIpc) is 3.10. The van der Waals surface area contributed by atoms with Gasteiger partial charge in [-0.2, -0.15) is 0 Å². The van der Waals surface area contributed by atoms with Gasteiger partial charge < -0.3 is 18.9 Å². The zero-order valence-corrected chi connectivity index (χ0v) is 15.6. The molecule has 1 atom stereocenters. The van der Waals surface area contributed by atoms with E-state index in [1.807, 2.05) is 47.4 Å². The van der Waals surface area contributed by atoms with Crippen molar-refractivity contribution < 1.29 is 14.3 Å². The van der Waals surface area contributed by atoms with Gasteiger partial charge in [0.05, 0.1) is 19.3 Å². The SMILES string of the molecule is O=C(c1ccc2c(c1)OCCCO2)N1CCn2cccc2C1c1ccccc1. The van der Waals surface area contributed by atoms with Gasteiger partial charge in [0.2, 0.25) is 0 Å². The smallest absolute Gasteiger partial charge is 0.254 e. The molecule has 0 bridgehead atoms. The number of amides is 1. The van der Waals surface area contributed by atoms with Crippen molar-refractivity contribution in [2.45, 2.75) is 19.0 Å². The number of aromatic nitrogens is 1. The van der Waals surface area contributed by atoms with Crippen molar-refractivity contribution in [2.75, 3.05) is 19.8 Å². The number of hydrogen-bond donors (Lipinski definition) is 0. The van der Waals surface area contributed by atoms with Gasteiger partial charge in [0.25, 0.3) is 5.91 Å². The molecule has 2 aromatic carbocycles. The van der Waals surface area contributed by atoms with Crippen LogP contribution in [0.25, 0.3) is 0 Å². The summed E-state index contributed by atoms with van der Waals surface area (Å²) >= 11 is 0. The average molecular weight is 374 g/mol. The summed E-state index contributed by atoms with van der Waals surface area (Å²) < 4.78 is 13.7. The van der Waals surface area contributed by atoms with Crippen molar-refractivity contribution in [2.24, 2.45) is 0 Å². The minimum atomic E-state index is -0.103. The van der Waals surface area contributed by atoms with E-state index in [1.165, 1.54) is 0 Å². The first-order valence-corrected chi connectivity index (χ1v) is 9.72. The Labute approximate surface area is 164 Å². The first-order chi connectivity index (χ1) is 13.8. The standard InChI is InChI=1S/C23H22N2O3/c26-23(18-9-10-20-21(16-18)28-15-5-14-27-20)25-13-12-24-11-4-8-19(24)22(25)17-6-2-1-3-7-17/h1-4,6-11,16,22H,5,12-15H2. The minimum Gasteiger partial charge on any atom is -0.490 e. The van der Waals surface area contributed by atoms with Gasteiger partial charge in [0.15, 0.2) is 11.5 Å². The molecular weight excluding hydrogens is 352 g/mol. The Morgan fingerprint density at radius 1 is 0.893 bits per heavy atom. The summed E-state index contributed by atoms with van der Waals surface area (Å²) in [5.74, 6) is 1.37. The van der Waals surface area contributed by atoms with Crippen molar-refractivity contribution in [1.29, 1.82) is 0 Å². The molecule has 2 aliphatic rings. The Morgan fingerprint density at radius 3 is 2.57 bits per heavy atom. The van der Waals surface area contributed by atoms with Gasteiger partial charge in [-0.25, -0.2) is 0 Å². The normalized spacial score (nSPS) is 18.3. The summed E-state index contributed by atoms with van der Waals surface area (Å²) in [4.78, 5) is 15.5. The second-order valence-electron chi connectivity index (χ2n) is 7.15. The van der Waals surface area contributed by atoms with Crippen molar-refractivity contribution in [3.05, 3.63) is 83.7 Å². The van der Waals surface area contributed by atoms with E-state index in [-0.39, 0.29) is 11.9 Å². The van der Waals surface area contributed by atoms with E-state index in [2.05, 4.69) is 29.0 Å². The number of rotatable bonds is 2.